The van der Waals surface area contributed by atoms with Crippen LogP contribution in [0.1, 0.15) is 0 Å². The van der Waals surface area contributed by atoms with E-state index >= 15 is 0 Å². The fraction of sp³-hybridized carbons (Fsp3) is 0. The van der Waals surface area contributed by atoms with Gasteiger partial charge in [0, 0.05) is 0 Å². The molecule has 3 N–H and O–H groups in total. The van der Waals surface area contributed by atoms with Crippen molar-refractivity contribution in [3.8, 4) is 0 Å². The summed E-state index contributed by atoms with van der Waals surface area (Å²) in [6.45, 7) is 0. The molecule has 32 valence electrons. The van der Waals surface area contributed by atoms with Crippen molar-refractivity contribution in [3.05, 3.63) is 15.3 Å². The molecule has 0 saturated heterocycles. The van der Waals surface area contributed by atoms with Crippen LogP contribution < -0.4 is 6.15 Å². The van der Waals surface area contributed by atoms with Crippen molar-refractivity contribution < 1.29 is 5.09 Å². The van der Waals surface area contributed by atoms with E-state index in [9.17, 15) is 0 Å². The van der Waals surface area contributed by atoms with E-state index < -0.39 is 5.09 Å². The predicted molar refractivity (Wildman–Crippen MR) is 21.1 cm³/mol. The third kappa shape index (κ3) is 293. The second kappa shape index (κ2) is 9.05. The number of rotatable bonds is 0. The Morgan fingerprint density at radius 1 is 1.33 bits per heavy atom. The summed E-state index contributed by atoms with van der Waals surface area (Å²) in [6, 6.07) is 0. The Morgan fingerprint density at radius 3 is 1.33 bits per heavy atom. The van der Waals surface area contributed by atoms with Crippen molar-refractivity contribution in [2.75, 3.05) is 0 Å². The van der Waals surface area contributed by atoms with Crippen LogP contribution in [0.5, 0.6) is 0 Å². The van der Waals surface area contributed by atoms with Gasteiger partial charge in [-0.1, -0.05) is 0 Å². The van der Waals surface area contributed by atoms with Crippen molar-refractivity contribution in [2.45, 2.75) is 0 Å². The normalized spacial score (nSPS) is 4.00. The standard InChI is InChI=1S/Ca.NO3.H3N/c;2-1(3)4;/h;;1H3/q+2;-1;. The fourth-order valence-electron chi connectivity index (χ4n) is 0. The minimum atomic E-state index is -1.75. The largest absolute Gasteiger partial charge is 2.00 e. The van der Waals surface area contributed by atoms with E-state index in [1.165, 1.54) is 0 Å². The van der Waals surface area contributed by atoms with E-state index in [0.717, 1.165) is 0 Å². The molecular weight excluding hydrogens is 116 g/mol. The van der Waals surface area contributed by atoms with Crippen molar-refractivity contribution in [1.29, 1.82) is 0 Å². The van der Waals surface area contributed by atoms with Gasteiger partial charge in [0.15, 0.2) is 0 Å². The molecule has 0 aromatic heterocycles. The van der Waals surface area contributed by atoms with Crippen LogP contribution in [0.2, 0.25) is 0 Å². The van der Waals surface area contributed by atoms with Crippen LogP contribution >= 0.6 is 0 Å². The second-order valence-electron chi connectivity index (χ2n) is 0.224. The van der Waals surface area contributed by atoms with Crippen LogP contribution in [0.3, 0.4) is 0 Å². The maximum absolute atomic E-state index is 8.25. The Morgan fingerprint density at radius 2 is 1.33 bits per heavy atom. The molecule has 0 rings (SSSR count). The van der Waals surface area contributed by atoms with E-state index in [2.05, 4.69) is 0 Å². The summed E-state index contributed by atoms with van der Waals surface area (Å²) in [6.07, 6.45) is 0. The topological polar surface area (TPSA) is 101 Å². The van der Waals surface area contributed by atoms with E-state index in [-0.39, 0.29) is 43.9 Å². The van der Waals surface area contributed by atoms with Crippen molar-refractivity contribution >= 4 is 37.7 Å². The van der Waals surface area contributed by atoms with Gasteiger partial charge in [0.1, 0.15) is 0 Å². The first kappa shape index (κ1) is 16.1. The second-order valence-corrected chi connectivity index (χ2v) is 0.224. The summed E-state index contributed by atoms with van der Waals surface area (Å²) in [7, 11) is 0. The number of nitrogens with zero attached hydrogens (tertiary/aromatic N) is 1. The fourth-order valence-corrected chi connectivity index (χ4v) is 0. The number of hydrogen-bond acceptors (Lipinski definition) is 4. The van der Waals surface area contributed by atoms with Gasteiger partial charge in [-0.15, -0.1) is 0 Å². The first-order valence-electron chi connectivity index (χ1n) is 0.548. The van der Waals surface area contributed by atoms with E-state index in [4.69, 9.17) is 15.3 Å². The quantitative estimate of drug-likeness (QED) is 0.265. The third-order valence-electron chi connectivity index (χ3n) is 0. The molecule has 6 heavy (non-hydrogen) atoms. The van der Waals surface area contributed by atoms with E-state index in [0.29, 0.717) is 0 Å². The minimum Gasteiger partial charge on any atom is -0.356 e. The van der Waals surface area contributed by atoms with Crippen LogP contribution in [0.25, 0.3) is 0 Å². The minimum absolute atomic E-state index is 0. The molecule has 0 amide bonds. The van der Waals surface area contributed by atoms with Gasteiger partial charge in [0.2, 0.25) is 0 Å². The Balaban J connectivity index is -0.0000000450. The van der Waals surface area contributed by atoms with Gasteiger partial charge in [-0.3, -0.25) is 0 Å². The Kier molecular flexibility index (Phi) is 24.3. The van der Waals surface area contributed by atoms with Gasteiger partial charge < -0.3 is 21.5 Å². The van der Waals surface area contributed by atoms with Crippen molar-refractivity contribution in [1.82, 2.24) is 6.15 Å². The molecule has 0 aromatic carbocycles. The summed E-state index contributed by atoms with van der Waals surface area (Å²) < 4.78 is 0. The van der Waals surface area contributed by atoms with Gasteiger partial charge in [0.05, 0.1) is 5.09 Å². The van der Waals surface area contributed by atoms with Crippen LogP contribution in [-0.4, -0.2) is 42.8 Å². The van der Waals surface area contributed by atoms with Crippen molar-refractivity contribution in [3.63, 3.8) is 0 Å². The zero-order valence-electron chi connectivity index (χ0n) is 3.09. The predicted octanol–water partition coefficient (Wildman–Crippen LogP) is -0.458. The maximum atomic E-state index is 8.25. The molecular formula is H3CaN2O3+. The summed E-state index contributed by atoms with van der Waals surface area (Å²) in [5.74, 6) is 0. The molecule has 0 bridgehead atoms. The van der Waals surface area contributed by atoms with Gasteiger partial charge in [-0.25, -0.2) is 0 Å². The van der Waals surface area contributed by atoms with Crippen LogP contribution in [0.4, 0.5) is 0 Å². The summed E-state index contributed by atoms with van der Waals surface area (Å²) in [4.78, 5) is 8.25. The van der Waals surface area contributed by atoms with Crippen LogP contribution in [0, 0.1) is 15.3 Å². The first-order chi connectivity index (χ1) is 1.73. The SMILES string of the molecule is N.O=[N+]([O-])[O-].[Ca+2]. The molecule has 5 nitrogen and oxygen atoms in total. The Hall–Kier alpha value is 0.420. The zero-order chi connectivity index (χ0) is 3.58. The molecule has 0 saturated carbocycles. The van der Waals surface area contributed by atoms with Gasteiger partial charge in [-0.05, 0) is 0 Å². The molecule has 0 unspecified atom stereocenters. The summed E-state index contributed by atoms with van der Waals surface area (Å²) in [5, 5.41) is 14.8. The molecule has 0 aromatic rings. The van der Waals surface area contributed by atoms with Crippen molar-refractivity contribution in [2.24, 2.45) is 0 Å². The number of hydrogen-bond donors (Lipinski definition) is 1. The molecule has 6 heteroatoms. The van der Waals surface area contributed by atoms with Gasteiger partial charge in [-0.2, -0.15) is 0 Å². The molecule has 0 spiro atoms. The third-order valence-corrected chi connectivity index (χ3v) is 0. The molecule has 0 aliphatic rings. The average molecular weight is 119 g/mol. The van der Waals surface area contributed by atoms with Gasteiger partial charge in [0.25, 0.3) is 0 Å². The van der Waals surface area contributed by atoms with Gasteiger partial charge >= 0.3 is 37.7 Å². The molecule has 0 aliphatic carbocycles. The Bertz CT molecular complexity index is 31.8. The molecule has 0 heterocycles. The zero-order valence-corrected chi connectivity index (χ0v) is 5.29. The summed E-state index contributed by atoms with van der Waals surface area (Å²) in [5.41, 5.74) is 0. The maximum Gasteiger partial charge on any atom is 2.00 e. The Labute approximate surface area is 64.0 Å². The molecule has 0 fully saturated rings. The summed E-state index contributed by atoms with van der Waals surface area (Å²) >= 11 is 0. The van der Waals surface area contributed by atoms with Crippen LogP contribution in [-0.2, 0) is 0 Å². The molecule has 0 radical (unpaired) electrons. The van der Waals surface area contributed by atoms with E-state index in [1.54, 1.807) is 0 Å². The molecule has 0 atom stereocenters. The monoisotopic (exact) mass is 119 g/mol. The van der Waals surface area contributed by atoms with E-state index in [1.807, 2.05) is 0 Å². The average Bonchev–Trinajstić information content (AvgIpc) is 0.811. The molecule has 0 aliphatic heterocycles. The van der Waals surface area contributed by atoms with Crippen LogP contribution in [0.15, 0.2) is 0 Å². The smallest absolute Gasteiger partial charge is 0.356 e. The first-order valence-corrected chi connectivity index (χ1v) is 0.548.